The number of carbonyl (C=O) groups is 1. The monoisotopic (exact) mass is 123 g/mol. The maximum absolute atomic E-state index is 10.7. The highest BCUT2D eigenvalue weighted by Crippen LogP contribution is 2.25. The van der Waals surface area contributed by atoms with Crippen molar-refractivity contribution in [2.24, 2.45) is 5.92 Å². The van der Waals surface area contributed by atoms with Gasteiger partial charge in [-0.05, 0) is 12.8 Å². The number of carbonyl (C=O) groups excluding carboxylic acids is 1. The molecule has 1 fully saturated rings. The largest absolute Gasteiger partial charge is 0.352 e. The van der Waals surface area contributed by atoms with E-state index in [-0.39, 0.29) is 5.91 Å². The molecule has 2 nitrogen and oxygen atoms in total. The van der Waals surface area contributed by atoms with Gasteiger partial charge in [0.2, 0.25) is 5.91 Å². The number of amides is 1. The molecule has 1 aliphatic heterocycles. The Balaban J connectivity index is 2.12. The summed E-state index contributed by atoms with van der Waals surface area (Å²) < 4.78 is 0. The topological polar surface area (TPSA) is 29.1 Å². The first-order chi connectivity index (χ1) is 4.38. The van der Waals surface area contributed by atoms with Crippen LogP contribution in [0.4, 0.5) is 0 Å². The molecule has 1 saturated heterocycles. The van der Waals surface area contributed by atoms with E-state index in [1.807, 2.05) is 0 Å². The Morgan fingerprint density at radius 2 is 2.22 bits per heavy atom. The standard InChI is InChI=1S/C7H9NO/c9-7-5-3-1-2-4-6(5)8-7/h1-2,5-6H,3-4H2,(H,8,9)/t5-,6-/m0/s1. The maximum atomic E-state index is 10.7. The summed E-state index contributed by atoms with van der Waals surface area (Å²) >= 11 is 0. The smallest absolute Gasteiger partial charge is 0.225 e. The lowest BCUT2D eigenvalue weighted by atomic mass is 9.82. The number of β-lactam (4-membered cyclic amide) rings is 1. The molecule has 1 N–H and O–H groups in total. The summed E-state index contributed by atoms with van der Waals surface area (Å²) in [5, 5.41) is 2.85. The summed E-state index contributed by atoms with van der Waals surface area (Å²) in [6, 6.07) is 0.475. The normalized spacial score (nSPS) is 38.9. The lowest BCUT2D eigenvalue weighted by molar-refractivity contribution is -0.134. The number of fused-ring (bicyclic) bond motifs is 1. The van der Waals surface area contributed by atoms with Crippen molar-refractivity contribution in [1.29, 1.82) is 0 Å². The third kappa shape index (κ3) is 0.590. The van der Waals surface area contributed by atoms with Crippen LogP contribution in [0.2, 0.25) is 0 Å². The van der Waals surface area contributed by atoms with E-state index in [4.69, 9.17) is 0 Å². The molecule has 2 rings (SSSR count). The summed E-state index contributed by atoms with van der Waals surface area (Å²) in [6.07, 6.45) is 6.23. The summed E-state index contributed by atoms with van der Waals surface area (Å²) in [6.45, 7) is 0. The van der Waals surface area contributed by atoms with Gasteiger partial charge < -0.3 is 5.32 Å². The lowest BCUT2D eigenvalue weighted by Gasteiger charge is -2.37. The van der Waals surface area contributed by atoms with Crippen LogP contribution in [0.15, 0.2) is 12.2 Å². The lowest BCUT2D eigenvalue weighted by Crippen LogP contribution is -2.58. The van der Waals surface area contributed by atoms with Crippen molar-refractivity contribution in [3.05, 3.63) is 12.2 Å². The van der Waals surface area contributed by atoms with Gasteiger partial charge in [0.25, 0.3) is 0 Å². The van der Waals surface area contributed by atoms with E-state index in [9.17, 15) is 4.79 Å². The molecule has 0 bridgehead atoms. The van der Waals surface area contributed by atoms with Crippen LogP contribution in [-0.2, 0) is 4.79 Å². The zero-order chi connectivity index (χ0) is 6.27. The molecule has 48 valence electrons. The van der Waals surface area contributed by atoms with Crippen LogP contribution >= 0.6 is 0 Å². The average Bonchev–Trinajstić information content (AvgIpc) is 1.86. The Hall–Kier alpha value is -0.790. The number of hydrogen-bond donors (Lipinski definition) is 1. The quantitative estimate of drug-likeness (QED) is 0.368. The predicted molar refractivity (Wildman–Crippen MR) is 33.8 cm³/mol. The Bertz CT molecular complexity index is 174. The molecule has 0 aromatic rings. The molecule has 2 atom stereocenters. The van der Waals surface area contributed by atoms with Gasteiger partial charge in [0, 0.05) is 6.04 Å². The van der Waals surface area contributed by atoms with E-state index < -0.39 is 0 Å². The fraction of sp³-hybridized carbons (Fsp3) is 0.571. The Labute approximate surface area is 53.9 Å². The van der Waals surface area contributed by atoms with Gasteiger partial charge >= 0.3 is 0 Å². The van der Waals surface area contributed by atoms with Crippen molar-refractivity contribution in [2.75, 3.05) is 0 Å². The van der Waals surface area contributed by atoms with Crippen molar-refractivity contribution in [1.82, 2.24) is 5.32 Å². The summed E-state index contributed by atoms with van der Waals surface area (Å²) in [7, 11) is 0. The number of allylic oxidation sites excluding steroid dienone is 1. The van der Waals surface area contributed by atoms with Gasteiger partial charge in [-0.1, -0.05) is 12.2 Å². The zero-order valence-corrected chi connectivity index (χ0v) is 5.13. The number of nitrogens with one attached hydrogen (secondary N) is 1. The molecule has 0 unspecified atom stereocenters. The summed E-state index contributed by atoms with van der Waals surface area (Å²) in [5.41, 5.74) is 0. The third-order valence-electron chi connectivity index (χ3n) is 2.10. The SMILES string of the molecule is O=C1N[C@H]2CC=CC[C@H]12. The third-order valence-corrected chi connectivity index (χ3v) is 2.10. The molecule has 0 saturated carbocycles. The fourth-order valence-electron chi connectivity index (χ4n) is 1.46. The van der Waals surface area contributed by atoms with Crippen molar-refractivity contribution in [2.45, 2.75) is 18.9 Å². The minimum absolute atomic E-state index is 0.240. The van der Waals surface area contributed by atoms with Gasteiger partial charge in [-0.25, -0.2) is 0 Å². The molecular weight excluding hydrogens is 114 g/mol. The van der Waals surface area contributed by atoms with Crippen LogP contribution in [0.25, 0.3) is 0 Å². The Morgan fingerprint density at radius 3 is 2.78 bits per heavy atom. The molecule has 0 spiro atoms. The highest BCUT2D eigenvalue weighted by atomic mass is 16.2. The Kier molecular flexibility index (Phi) is 0.891. The molecule has 9 heavy (non-hydrogen) atoms. The zero-order valence-electron chi connectivity index (χ0n) is 5.13. The van der Waals surface area contributed by atoms with Crippen LogP contribution in [0.3, 0.4) is 0 Å². The van der Waals surface area contributed by atoms with Gasteiger partial charge in [-0.15, -0.1) is 0 Å². The first-order valence-electron chi connectivity index (χ1n) is 3.33. The van der Waals surface area contributed by atoms with Crippen LogP contribution in [0.5, 0.6) is 0 Å². The Morgan fingerprint density at radius 1 is 1.44 bits per heavy atom. The van der Waals surface area contributed by atoms with E-state index in [2.05, 4.69) is 17.5 Å². The fourth-order valence-corrected chi connectivity index (χ4v) is 1.46. The molecule has 1 heterocycles. The van der Waals surface area contributed by atoms with E-state index in [0.717, 1.165) is 12.8 Å². The highest BCUT2D eigenvalue weighted by Gasteiger charge is 2.38. The van der Waals surface area contributed by atoms with E-state index in [1.54, 1.807) is 0 Å². The number of rotatable bonds is 0. The molecule has 2 heteroatoms. The molecule has 1 aliphatic carbocycles. The molecule has 0 aromatic heterocycles. The second kappa shape index (κ2) is 1.59. The van der Waals surface area contributed by atoms with E-state index >= 15 is 0 Å². The van der Waals surface area contributed by atoms with Crippen molar-refractivity contribution in [3.8, 4) is 0 Å². The number of hydrogen-bond acceptors (Lipinski definition) is 1. The van der Waals surface area contributed by atoms with Crippen LogP contribution < -0.4 is 5.32 Å². The molecule has 2 aliphatic rings. The second-order valence-electron chi connectivity index (χ2n) is 2.66. The van der Waals surface area contributed by atoms with E-state index in [0.29, 0.717) is 12.0 Å². The van der Waals surface area contributed by atoms with Crippen molar-refractivity contribution < 1.29 is 4.79 Å². The molecule has 0 aromatic carbocycles. The first kappa shape index (κ1) is 5.03. The molecular formula is C7H9NO. The van der Waals surface area contributed by atoms with Gasteiger partial charge in [0.1, 0.15) is 0 Å². The molecule has 0 radical (unpaired) electrons. The second-order valence-corrected chi connectivity index (χ2v) is 2.66. The van der Waals surface area contributed by atoms with Crippen LogP contribution in [0.1, 0.15) is 12.8 Å². The van der Waals surface area contributed by atoms with Gasteiger partial charge in [-0.2, -0.15) is 0 Å². The molecule has 1 amide bonds. The highest BCUT2D eigenvalue weighted by molar-refractivity contribution is 5.86. The summed E-state index contributed by atoms with van der Waals surface area (Å²) in [4.78, 5) is 10.7. The van der Waals surface area contributed by atoms with Gasteiger partial charge in [0.15, 0.2) is 0 Å². The predicted octanol–water partition coefficient (Wildman–Crippen LogP) is 0.451. The van der Waals surface area contributed by atoms with Gasteiger partial charge in [0.05, 0.1) is 5.92 Å². The van der Waals surface area contributed by atoms with Crippen LogP contribution in [0, 0.1) is 5.92 Å². The summed E-state index contributed by atoms with van der Waals surface area (Å²) in [5.74, 6) is 0.555. The minimum atomic E-state index is 0.240. The van der Waals surface area contributed by atoms with Crippen LogP contribution in [-0.4, -0.2) is 11.9 Å². The average molecular weight is 123 g/mol. The first-order valence-corrected chi connectivity index (χ1v) is 3.33. The maximum Gasteiger partial charge on any atom is 0.225 e. The van der Waals surface area contributed by atoms with Crippen molar-refractivity contribution in [3.63, 3.8) is 0 Å². The van der Waals surface area contributed by atoms with Gasteiger partial charge in [-0.3, -0.25) is 4.79 Å². The van der Waals surface area contributed by atoms with E-state index in [1.165, 1.54) is 0 Å². The minimum Gasteiger partial charge on any atom is -0.352 e. The van der Waals surface area contributed by atoms with Crippen molar-refractivity contribution >= 4 is 5.91 Å².